The van der Waals surface area contributed by atoms with Gasteiger partial charge in [-0.1, -0.05) is 0 Å². The van der Waals surface area contributed by atoms with Crippen molar-refractivity contribution in [3.8, 4) is 5.75 Å². The number of hydrogen-bond donors (Lipinski definition) is 1. The lowest BCUT2D eigenvalue weighted by atomic mass is 10.1. The molecule has 0 saturated carbocycles. The first kappa shape index (κ1) is 14.9. The van der Waals surface area contributed by atoms with Crippen LogP contribution in [0.4, 0.5) is 5.69 Å². The Hall–Kier alpha value is -2.47. The Morgan fingerprint density at radius 2 is 2.05 bits per heavy atom. The van der Waals surface area contributed by atoms with Crippen LogP contribution in [0.15, 0.2) is 42.7 Å². The maximum absolute atomic E-state index is 10.8. The number of benzene rings is 1. The summed E-state index contributed by atoms with van der Waals surface area (Å²) in [6.07, 6.45) is 3.48. The van der Waals surface area contributed by atoms with Gasteiger partial charge in [-0.2, -0.15) is 0 Å². The quantitative estimate of drug-likeness (QED) is 0.653. The summed E-state index contributed by atoms with van der Waals surface area (Å²) in [5.41, 5.74) is 1.92. The van der Waals surface area contributed by atoms with E-state index in [-0.39, 0.29) is 11.7 Å². The molecule has 2 aromatic rings. The first-order chi connectivity index (χ1) is 10.1. The molecule has 1 heterocycles. The minimum Gasteiger partial charge on any atom is -0.496 e. The van der Waals surface area contributed by atoms with E-state index < -0.39 is 4.92 Å². The van der Waals surface area contributed by atoms with Gasteiger partial charge in [0.25, 0.3) is 5.69 Å². The monoisotopic (exact) mass is 287 g/mol. The van der Waals surface area contributed by atoms with Crippen LogP contribution in [0, 0.1) is 10.1 Å². The second-order valence-corrected chi connectivity index (χ2v) is 4.64. The average Bonchev–Trinajstić information content (AvgIpc) is 2.53. The number of ether oxygens (including phenoxy) is 1. The third-order valence-electron chi connectivity index (χ3n) is 3.28. The van der Waals surface area contributed by atoms with E-state index in [4.69, 9.17) is 4.74 Å². The Kier molecular flexibility index (Phi) is 4.84. The zero-order valence-corrected chi connectivity index (χ0v) is 11.9. The van der Waals surface area contributed by atoms with Gasteiger partial charge in [-0.25, -0.2) is 0 Å². The van der Waals surface area contributed by atoms with Crippen LogP contribution in [0.25, 0.3) is 0 Å². The molecule has 0 aliphatic rings. The molecule has 0 spiro atoms. The van der Waals surface area contributed by atoms with Crippen molar-refractivity contribution in [2.24, 2.45) is 0 Å². The molecule has 0 aliphatic heterocycles. The number of pyridine rings is 1. The highest BCUT2D eigenvalue weighted by Crippen LogP contribution is 2.24. The van der Waals surface area contributed by atoms with Gasteiger partial charge in [-0.05, 0) is 30.7 Å². The summed E-state index contributed by atoms with van der Waals surface area (Å²) in [6, 6.07) is 8.56. The topological polar surface area (TPSA) is 77.3 Å². The van der Waals surface area contributed by atoms with Crippen LogP contribution in [-0.2, 0) is 6.54 Å². The summed E-state index contributed by atoms with van der Waals surface area (Å²) < 4.78 is 5.25. The van der Waals surface area contributed by atoms with E-state index in [1.54, 1.807) is 25.6 Å². The first-order valence-electron chi connectivity index (χ1n) is 6.56. The van der Waals surface area contributed by atoms with Crippen molar-refractivity contribution in [1.29, 1.82) is 0 Å². The Morgan fingerprint density at radius 1 is 1.33 bits per heavy atom. The Bertz CT molecular complexity index is 617. The van der Waals surface area contributed by atoms with Crippen molar-refractivity contribution in [2.75, 3.05) is 7.11 Å². The fourth-order valence-electron chi connectivity index (χ4n) is 2.05. The van der Waals surface area contributed by atoms with Crippen molar-refractivity contribution < 1.29 is 9.66 Å². The van der Waals surface area contributed by atoms with E-state index in [9.17, 15) is 10.1 Å². The van der Waals surface area contributed by atoms with Gasteiger partial charge < -0.3 is 10.1 Å². The highest BCUT2D eigenvalue weighted by molar-refractivity contribution is 5.43. The molecule has 1 N–H and O–H groups in total. The molecule has 0 aliphatic carbocycles. The molecule has 0 amide bonds. The van der Waals surface area contributed by atoms with Crippen LogP contribution in [-0.4, -0.2) is 17.0 Å². The highest BCUT2D eigenvalue weighted by Gasteiger charge is 2.12. The zero-order chi connectivity index (χ0) is 15.2. The van der Waals surface area contributed by atoms with Crippen molar-refractivity contribution >= 4 is 5.69 Å². The summed E-state index contributed by atoms with van der Waals surface area (Å²) >= 11 is 0. The van der Waals surface area contributed by atoms with Crippen molar-refractivity contribution in [2.45, 2.75) is 19.5 Å². The lowest BCUT2D eigenvalue weighted by molar-refractivity contribution is -0.384. The van der Waals surface area contributed by atoms with E-state index in [0.717, 1.165) is 11.1 Å². The van der Waals surface area contributed by atoms with E-state index >= 15 is 0 Å². The molecule has 2 rings (SSSR count). The molecule has 1 atom stereocenters. The van der Waals surface area contributed by atoms with Crippen molar-refractivity contribution in [1.82, 2.24) is 10.3 Å². The van der Waals surface area contributed by atoms with Gasteiger partial charge in [0.15, 0.2) is 0 Å². The molecule has 0 radical (unpaired) electrons. The predicted octanol–water partition coefficient (Wildman–Crippen LogP) is 2.85. The van der Waals surface area contributed by atoms with Crippen LogP contribution in [0.5, 0.6) is 5.75 Å². The molecule has 1 aromatic heterocycles. The number of non-ortho nitro benzene ring substituents is 1. The summed E-state index contributed by atoms with van der Waals surface area (Å²) in [4.78, 5) is 14.4. The number of nitrogens with zero attached hydrogens (tertiary/aromatic N) is 2. The number of aromatic nitrogens is 1. The van der Waals surface area contributed by atoms with Gasteiger partial charge >= 0.3 is 0 Å². The molecule has 6 nitrogen and oxygen atoms in total. The van der Waals surface area contributed by atoms with Crippen molar-refractivity contribution in [3.05, 3.63) is 64.0 Å². The molecule has 110 valence electrons. The standard InChI is InChI=1S/C15H17N3O3/c1-11(12-5-7-16-8-6-12)17-10-13-9-14(18(19)20)3-4-15(13)21-2/h3-9,11,17H,10H2,1-2H3. The molecular weight excluding hydrogens is 270 g/mol. The van der Waals surface area contributed by atoms with E-state index in [1.807, 2.05) is 19.1 Å². The molecule has 0 bridgehead atoms. The van der Waals surface area contributed by atoms with Gasteiger partial charge in [-0.3, -0.25) is 15.1 Å². The number of nitro groups is 1. The lowest BCUT2D eigenvalue weighted by Gasteiger charge is -2.15. The number of nitrogens with one attached hydrogen (secondary N) is 1. The predicted molar refractivity (Wildman–Crippen MR) is 79.1 cm³/mol. The summed E-state index contributed by atoms with van der Waals surface area (Å²) in [7, 11) is 1.55. The largest absolute Gasteiger partial charge is 0.496 e. The fraction of sp³-hybridized carbons (Fsp3) is 0.267. The molecule has 0 fully saturated rings. The fourth-order valence-corrected chi connectivity index (χ4v) is 2.05. The Morgan fingerprint density at radius 3 is 2.67 bits per heavy atom. The Labute approximate surface area is 122 Å². The van der Waals surface area contributed by atoms with Crippen molar-refractivity contribution in [3.63, 3.8) is 0 Å². The molecule has 0 saturated heterocycles. The molecule has 1 unspecified atom stereocenters. The number of nitro benzene ring substituents is 1. The van der Waals surface area contributed by atoms with Crippen LogP contribution >= 0.6 is 0 Å². The summed E-state index contributed by atoms with van der Waals surface area (Å²) in [5, 5.41) is 14.2. The van der Waals surface area contributed by atoms with Gasteiger partial charge in [0.05, 0.1) is 12.0 Å². The smallest absolute Gasteiger partial charge is 0.270 e. The van der Waals surface area contributed by atoms with E-state index in [0.29, 0.717) is 12.3 Å². The van der Waals surface area contributed by atoms with Crippen LogP contribution in [0.3, 0.4) is 0 Å². The summed E-state index contributed by atoms with van der Waals surface area (Å²) in [6.45, 7) is 2.51. The zero-order valence-electron chi connectivity index (χ0n) is 11.9. The molecule has 6 heteroatoms. The highest BCUT2D eigenvalue weighted by atomic mass is 16.6. The van der Waals surface area contributed by atoms with Gasteiger partial charge in [0.1, 0.15) is 5.75 Å². The van der Waals surface area contributed by atoms with Gasteiger partial charge in [0.2, 0.25) is 0 Å². The minimum atomic E-state index is -0.408. The van der Waals surface area contributed by atoms with E-state index in [2.05, 4.69) is 10.3 Å². The second-order valence-electron chi connectivity index (χ2n) is 4.64. The maximum atomic E-state index is 10.8. The van der Waals surface area contributed by atoms with Crippen LogP contribution in [0.1, 0.15) is 24.1 Å². The normalized spacial score (nSPS) is 11.9. The SMILES string of the molecule is COc1ccc([N+](=O)[O-])cc1CNC(C)c1ccncc1. The maximum Gasteiger partial charge on any atom is 0.270 e. The van der Waals surface area contributed by atoms with Gasteiger partial charge in [-0.15, -0.1) is 0 Å². The molecule has 1 aromatic carbocycles. The number of rotatable bonds is 6. The van der Waals surface area contributed by atoms with Crippen LogP contribution < -0.4 is 10.1 Å². The summed E-state index contributed by atoms with van der Waals surface area (Å²) in [5.74, 6) is 0.634. The second kappa shape index (κ2) is 6.81. The van der Waals surface area contributed by atoms with Gasteiger partial charge in [0, 0.05) is 42.7 Å². The number of methoxy groups -OCH3 is 1. The number of hydrogen-bond acceptors (Lipinski definition) is 5. The molecule has 21 heavy (non-hydrogen) atoms. The lowest BCUT2D eigenvalue weighted by Crippen LogP contribution is -2.18. The third kappa shape index (κ3) is 3.76. The minimum absolute atomic E-state index is 0.0594. The molecular formula is C15H17N3O3. The van der Waals surface area contributed by atoms with Crippen LogP contribution in [0.2, 0.25) is 0 Å². The Balaban J connectivity index is 2.11. The van der Waals surface area contributed by atoms with E-state index in [1.165, 1.54) is 12.1 Å². The average molecular weight is 287 g/mol. The first-order valence-corrected chi connectivity index (χ1v) is 6.56. The third-order valence-corrected chi connectivity index (χ3v) is 3.28.